The van der Waals surface area contributed by atoms with Gasteiger partial charge in [-0.1, -0.05) is 35.3 Å². The molecule has 0 unspecified atom stereocenters. The van der Waals surface area contributed by atoms with Gasteiger partial charge in [-0.15, -0.1) is 11.3 Å². The summed E-state index contributed by atoms with van der Waals surface area (Å²) < 4.78 is 17.4. The molecule has 0 bridgehead atoms. The highest BCUT2D eigenvalue weighted by Crippen LogP contribution is 2.39. The summed E-state index contributed by atoms with van der Waals surface area (Å²) in [5, 5.41) is 3.78. The molecule has 0 aliphatic carbocycles. The van der Waals surface area contributed by atoms with E-state index in [-0.39, 0.29) is 18.1 Å². The number of hydrogen-bond donors (Lipinski definition) is 0. The Morgan fingerprint density at radius 2 is 2.07 bits per heavy atom. The van der Waals surface area contributed by atoms with E-state index in [1.807, 2.05) is 10.3 Å². The smallest absolute Gasteiger partial charge is 0.226 e. The van der Waals surface area contributed by atoms with Crippen molar-refractivity contribution in [3.05, 3.63) is 56.2 Å². The molecule has 0 saturated carbocycles. The van der Waals surface area contributed by atoms with Crippen LogP contribution in [0.1, 0.15) is 29.3 Å². The fourth-order valence-corrected chi connectivity index (χ4v) is 5.55. The van der Waals surface area contributed by atoms with Gasteiger partial charge in [-0.25, -0.2) is 9.37 Å². The van der Waals surface area contributed by atoms with Gasteiger partial charge in [0.05, 0.1) is 27.0 Å². The maximum atomic E-state index is 13.3. The first-order valence-corrected chi connectivity index (χ1v) is 11.2. The Morgan fingerprint density at radius 1 is 1.29 bits per heavy atom. The second-order valence-corrected chi connectivity index (χ2v) is 9.05. The average molecular weight is 456 g/mol. The van der Waals surface area contributed by atoms with Gasteiger partial charge in [0.1, 0.15) is 5.82 Å². The monoisotopic (exact) mass is 455 g/mol. The molecule has 0 radical (unpaired) electrons. The van der Waals surface area contributed by atoms with Crippen LogP contribution in [0.4, 0.5) is 4.39 Å². The molecule has 1 amide bonds. The average Bonchev–Trinajstić information content (AvgIpc) is 3.29. The van der Waals surface area contributed by atoms with Crippen LogP contribution in [0.15, 0.2) is 29.6 Å². The molecule has 3 heterocycles. The number of carbonyl (C=O) groups excluding carboxylic acids is 1. The van der Waals surface area contributed by atoms with Crippen LogP contribution in [0.3, 0.4) is 0 Å². The second-order valence-electron chi connectivity index (χ2n) is 6.65. The van der Waals surface area contributed by atoms with Gasteiger partial charge >= 0.3 is 0 Å². The van der Waals surface area contributed by atoms with Gasteiger partial charge in [0.15, 0.2) is 5.15 Å². The Labute approximate surface area is 180 Å². The highest BCUT2D eigenvalue weighted by atomic mass is 35.5. The van der Waals surface area contributed by atoms with E-state index in [4.69, 9.17) is 28.2 Å². The van der Waals surface area contributed by atoms with E-state index >= 15 is 0 Å². The Balaban J connectivity index is 1.36. The van der Waals surface area contributed by atoms with Crippen LogP contribution in [-0.2, 0) is 11.2 Å². The quantitative estimate of drug-likeness (QED) is 0.509. The molecular formula is C19H16Cl2FN3OS2. The molecular weight excluding hydrogens is 440 g/mol. The molecule has 1 aliphatic rings. The van der Waals surface area contributed by atoms with E-state index in [0.29, 0.717) is 34.7 Å². The van der Waals surface area contributed by atoms with E-state index in [0.717, 1.165) is 28.4 Å². The predicted octanol–water partition coefficient (Wildman–Crippen LogP) is 5.66. The number of nitrogens with zero attached hydrogens (tertiary/aromatic N) is 3. The minimum Gasteiger partial charge on any atom is -0.342 e. The van der Waals surface area contributed by atoms with Gasteiger partial charge in [-0.3, -0.25) is 4.79 Å². The van der Waals surface area contributed by atoms with Gasteiger partial charge in [0.25, 0.3) is 0 Å². The van der Waals surface area contributed by atoms with Crippen molar-refractivity contribution in [2.45, 2.75) is 25.2 Å². The van der Waals surface area contributed by atoms with E-state index in [2.05, 4.69) is 4.37 Å². The molecule has 4 rings (SSSR count). The molecule has 0 atom stereocenters. The first-order valence-electron chi connectivity index (χ1n) is 8.80. The van der Waals surface area contributed by atoms with Crippen molar-refractivity contribution >= 4 is 52.0 Å². The topological polar surface area (TPSA) is 46.1 Å². The molecule has 1 aromatic carbocycles. The van der Waals surface area contributed by atoms with Crippen molar-refractivity contribution in [1.29, 1.82) is 0 Å². The van der Waals surface area contributed by atoms with Crippen molar-refractivity contribution in [2.24, 2.45) is 0 Å². The van der Waals surface area contributed by atoms with E-state index in [9.17, 15) is 9.18 Å². The maximum absolute atomic E-state index is 13.3. The van der Waals surface area contributed by atoms with Crippen LogP contribution < -0.4 is 0 Å². The fourth-order valence-electron chi connectivity index (χ4n) is 3.31. The highest BCUT2D eigenvalue weighted by molar-refractivity contribution is 7.12. The SMILES string of the molecule is O=C(Cc1cccc(F)c1)N1CCC(c2nc(-c3snc(Cl)c3Cl)cs2)CC1. The lowest BCUT2D eigenvalue weighted by Gasteiger charge is -2.31. The Hall–Kier alpha value is -1.54. The third-order valence-corrected chi connectivity index (χ3v) is 7.62. The standard InChI is InChI=1S/C19H16Cl2FN3OS2/c20-16-17(28-24-18(16)21)14-10-27-19(23-14)12-4-6-25(7-5-12)15(26)9-11-2-1-3-13(22)8-11/h1-3,8,10,12H,4-7,9H2. The zero-order valence-corrected chi connectivity index (χ0v) is 17.8. The minimum atomic E-state index is -0.314. The van der Waals surface area contributed by atoms with Crippen LogP contribution >= 0.6 is 46.1 Å². The summed E-state index contributed by atoms with van der Waals surface area (Å²) in [6.07, 6.45) is 1.95. The number of rotatable bonds is 4. The van der Waals surface area contributed by atoms with Crippen LogP contribution in [-0.4, -0.2) is 33.3 Å². The summed E-state index contributed by atoms with van der Waals surface area (Å²) in [6.45, 7) is 1.36. The Kier molecular flexibility index (Phi) is 5.96. The van der Waals surface area contributed by atoms with Crippen LogP contribution in [0, 0.1) is 5.82 Å². The molecule has 1 saturated heterocycles. The van der Waals surface area contributed by atoms with E-state index in [1.54, 1.807) is 23.5 Å². The first kappa shape index (κ1) is 19.8. The lowest BCUT2D eigenvalue weighted by atomic mass is 9.97. The number of piperidine rings is 1. The van der Waals surface area contributed by atoms with Crippen molar-refractivity contribution in [1.82, 2.24) is 14.3 Å². The highest BCUT2D eigenvalue weighted by Gasteiger charge is 2.26. The van der Waals surface area contributed by atoms with Crippen molar-refractivity contribution in [3.8, 4) is 10.6 Å². The number of likely N-dealkylation sites (tertiary alicyclic amines) is 1. The zero-order chi connectivity index (χ0) is 19.7. The normalized spacial score (nSPS) is 15.2. The summed E-state index contributed by atoms with van der Waals surface area (Å²) in [5.74, 6) is 0.0417. The van der Waals surface area contributed by atoms with Crippen molar-refractivity contribution in [3.63, 3.8) is 0 Å². The Bertz CT molecular complexity index is 999. The molecule has 3 aromatic rings. The van der Waals surface area contributed by atoms with Crippen LogP contribution in [0.25, 0.3) is 10.6 Å². The number of benzene rings is 1. The van der Waals surface area contributed by atoms with Crippen LogP contribution in [0.2, 0.25) is 10.2 Å². The Morgan fingerprint density at radius 3 is 2.75 bits per heavy atom. The molecule has 0 spiro atoms. The van der Waals surface area contributed by atoms with E-state index < -0.39 is 0 Å². The summed E-state index contributed by atoms with van der Waals surface area (Å²) in [4.78, 5) is 19.9. The van der Waals surface area contributed by atoms with Gasteiger partial charge in [-0.2, -0.15) is 4.37 Å². The number of thiazole rings is 1. The number of carbonyl (C=O) groups is 1. The van der Waals surface area contributed by atoms with Gasteiger partial charge in [0, 0.05) is 24.4 Å². The number of hydrogen-bond acceptors (Lipinski definition) is 5. The largest absolute Gasteiger partial charge is 0.342 e. The zero-order valence-electron chi connectivity index (χ0n) is 14.7. The summed E-state index contributed by atoms with van der Waals surface area (Å²) in [6, 6.07) is 6.21. The predicted molar refractivity (Wildman–Crippen MR) is 112 cm³/mol. The van der Waals surface area contributed by atoms with Crippen molar-refractivity contribution < 1.29 is 9.18 Å². The lowest BCUT2D eigenvalue weighted by molar-refractivity contribution is -0.131. The minimum absolute atomic E-state index is 0.0370. The molecule has 28 heavy (non-hydrogen) atoms. The first-order chi connectivity index (χ1) is 13.5. The molecule has 1 fully saturated rings. The molecule has 146 valence electrons. The molecule has 9 heteroatoms. The van der Waals surface area contributed by atoms with Gasteiger partial charge in [0.2, 0.25) is 5.91 Å². The van der Waals surface area contributed by atoms with Crippen molar-refractivity contribution in [2.75, 3.05) is 13.1 Å². The lowest BCUT2D eigenvalue weighted by Crippen LogP contribution is -2.38. The molecule has 0 N–H and O–H groups in total. The summed E-state index contributed by atoms with van der Waals surface area (Å²) in [7, 11) is 0. The van der Waals surface area contributed by atoms with E-state index in [1.165, 1.54) is 23.7 Å². The fraction of sp³-hybridized carbons (Fsp3) is 0.316. The third kappa shape index (κ3) is 4.22. The number of halogens is 3. The number of amides is 1. The number of aromatic nitrogens is 2. The van der Waals surface area contributed by atoms with Gasteiger partial charge < -0.3 is 4.90 Å². The van der Waals surface area contributed by atoms with Gasteiger partial charge in [-0.05, 0) is 42.1 Å². The molecule has 1 aliphatic heterocycles. The summed E-state index contributed by atoms with van der Waals surface area (Å²) >= 11 is 15.0. The molecule has 4 nitrogen and oxygen atoms in total. The summed E-state index contributed by atoms with van der Waals surface area (Å²) in [5.41, 5.74) is 1.51. The second kappa shape index (κ2) is 8.45. The maximum Gasteiger partial charge on any atom is 0.226 e. The van der Waals surface area contributed by atoms with Crippen LogP contribution in [0.5, 0.6) is 0 Å². The molecule has 2 aromatic heterocycles. The third-order valence-electron chi connectivity index (χ3n) is 4.79.